The monoisotopic (exact) mass is 239 g/mol. The van der Waals surface area contributed by atoms with Crippen LogP contribution in [0.15, 0.2) is 35.3 Å². The molecule has 1 aromatic carbocycles. The molecule has 4 heteroatoms. The number of ketones is 1. The number of oxazole rings is 1. The summed E-state index contributed by atoms with van der Waals surface area (Å²) in [5.41, 5.74) is 4.31. The Hall–Kier alpha value is -1.84. The first-order valence-corrected chi connectivity index (χ1v) is 6.27. The summed E-state index contributed by atoms with van der Waals surface area (Å²) in [6, 6.07) is 6.38. The molecular formula is C14H14BNO2. The second-order valence-corrected chi connectivity index (χ2v) is 4.95. The molecule has 90 valence electrons. The first kappa shape index (κ1) is 11.3. The number of aromatic nitrogens is 1. The third-order valence-corrected chi connectivity index (χ3v) is 3.67. The minimum Gasteiger partial charge on any atom is -0.451 e. The van der Waals surface area contributed by atoms with E-state index in [1.54, 1.807) is 0 Å². The van der Waals surface area contributed by atoms with E-state index in [4.69, 9.17) is 4.42 Å². The van der Waals surface area contributed by atoms with Crippen LogP contribution in [0.25, 0.3) is 0 Å². The van der Waals surface area contributed by atoms with E-state index in [-0.39, 0.29) is 5.78 Å². The van der Waals surface area contributed by atoms with Gasteiger partial charge in [-0.3, -0.25) is 4.79 Å². The smallest absolute Gasteiger partial charge is 0.188 e. The van der Waals surface area contributed by atoms with Gasteiger partial charge >= 0.3 is 0 Å². The fourth-order valence-corrected chi connectivity index (χ4v) is 2.59. The molecule has 0 saturated carbocycles. The van der Waals surface area contributed by atoms with E-state index in [1.807, 2.05) is 0 Å². The number of carbonyl (C=O) groups is 1. The van der Waals surface area contributed by atoms with E-state index in [0.29, 0.717) is 18.8 Å². The van der Waals surface area contributed by atoms with Gasteiger partial charge in [-0.05, 0) is 12.0 Å². The van der Waals surface area contributed by atoms with Crippen LogP contribution in [0.2, 0.25) is 13.1 Å². The van der Waals surface area contributed by atoms with Crippen LogP contribution in [0.1, 0.15) is 21.6 Å². The molecule has 0 unspecified atom stereocenters. The van der Waals surface area contributed by atoms with Crippen molar-refractivity contribution in [1.82, 2.24) is 4.98 Å². The third kappa shape index (κ3) is 1.99. The van der Waals surface area contributed by atoms with Crippen LogP contribution in [0.5, 0.6) is 0 Å². The topological polar surface area (TPSA) is 43.1 Å². The molecule has 1 aliphatic heterocycles. The molecule has 3 nitrogen and oxygen atoms in total. The molecule has 3 rings (SSSR count). The SMILES string of the molecule is CB1CCc2ccc(CC(=O)c3cocn3)cc21. The lowest BCUT2D eigenvalue weighted by Gasteiger charge is -2.05. The van der Waals surface area contributed by atoms with Gasteiger partial charge in [-0.2, -0.15) is 0 Å². The molecule has 0 bridgehead atoms. The lowest BCUT2D eigenvalue weighted by molar-refractivity contribution is 0.0988. The summed E-state index contributed by atoms with van der Waals surface area (Å²) in [6.07, 6.45) is 5.47. The van der Waals surface area contributed by atoms with Crippen molar-refractivity contribution in [2.75, 3.05) is 0 Å². The quantitative estimate of drug-likeness (QED) is 0.607. The predicted octanol–water partition coefficient (Wildman–Crippen LogP) is 1.99. The number of Topliss-reactive ketones (excluding diaryl/α,β-unsaturated/α-hetero) is 1. The Kier molecular flexibility index (Phi) is 2.78. The molecule has 0 amide bonds. The molecule has 0 N–H and O–H groups in total. The van der Waals surface area contributed by atoms with Gasteiger partial charge in [0.1, 0.15) is 12.0 Å². The minimum atomic E-state index is 0.00866. The normalized spacial score (nSPS) is 13.7. The maximum atomic E-state index is 11.9. The van der Waals surface area contributed by atoms with Gasteiger partial charge in [0.2, 0.25) is 0 Å². The van der Waals surface area contributed by atoms with Crippen molar-refractivity contribution in [2.45, 2.75) is 26.0 Å². The minimum absolute atomic E-state index is 0.00866. The maximum absolute atomic E-state index is 11.9. The Labute approximate surface area is 106 Å². The number of rotatable bonds is 3. The van der Waals surface area contributed by atoms with Crippen molar-refractivity contribution < 1.29 is 9.21 Å². The summed E-state index contributed by atoms with van der Waals surface area (Å²) in [6.45, 7) is 2.86. The van der Waals surface area contributed by atoms with Crippen molar-refractivity contribution >= 4 is 18.0 Å². The third-order valence-electron chi connectivity index (χ3n) is 3.67. The standard InChI is InChI=1S/C14H14BNO2/c1-15-5-4-11-3-2-10(6-12(11)15)7-14(17)13-8-18-9-16-13/h2-3,6,8-9H,4-5,7H2,1H3. The van der Waals surface area contributed by atoms with Gasteiger partial charge in [-0.1, -0.05) is 42.4 Å². The van der Waals surface area contributed by atoms with Crippen molar-refractivity contribution in [3.05, 3.63) is 47.7 Å². The molecule has 1 aromatic heterocycles. The van der Waals surface area contributed by atoms with Crippen LogP contribution in [-0.4, -0.2) is 17.5 Å². The van der Waals surface area contributed by atoms with Crippen LogP contribution in [0.3, 0.4) is 0 Å². The number of nitrogens with zero attached hydrogens (tertiary/aromatic N) is 1. The van der Waals surface area contributed by atoms with Gasteiger partial charge in [-0.15, -0.1) is 0 Å². The largest absolute Gasteiger partial charge is 0.451 e. The number of aryl methyl sites for hydroxylation is 1. The highest BCUT2D eigenvalue weighted by Gasteiger charge is 2.22. The van der Waals surface area contributed by atoms with Crippen LogP contribution >= 0.6 is 0 Å². The van der Waals surface area contributed by atoms with E-state index in [0.717, 1.165) is 12.0 Å². The number of hydrogen-bond donors (Lipinski definition) is 0. The highest BCUT2D eigenvalue weighted by Crippen LogP contribution is 2.16. The predicted molar refractivity (Wildman–Crippen MR) is 70.7 cm³/mol. The molecule has 0 fully saturated rings. The zero-order valence-electron chi connectivity index (χ0n) is 10.3. The molecule has 18 heavy (non-hydrogen) atoms. The molecule has 2 aromatic rings. The van der Waals surface area contributed by atoms with Gasteiger partial charge < -0.3 is 4.42 Å². The Morgan fingerprint density at radius 1 is 1.50 bits per heavy atom. The second kappa shape index (κ2) is 4.44. The van der Waals surface area contributed by atoms with Crippen molar-refractivity contribution in [3.63, 3.8) is 0 Å². The molecular weight excluding hydrogens is 225 g/mol. The van der Waals surface area contributed by atoms with E-state index < -0.39 is 0 Å². The van der Waals surface area contributed by atoms with E-state index in [1.165, 1.54) is 30.0 Å². The number of benzene rings is 1. The molecule has 0 aliphatic carbocycles. The Morgan fingerprint density at radius 3 is 3.17 bits per heavy atom. The van der Waals surface area contributed by atoms with E-state index in [9.17, 15) is 4.79 Å². The average molecular weight is 239 g/mol. The van der Waals surface area contributed by atoms with Gasteiger partial charge in [0.25, 0.3) is 0 Å². The van der Waals surface area contributed by atoms with Crippen LogP contribution in [-0.2, 0) is 12.8 Å². The summed E-state index contributed by atoms with van der Waals surface area (Å²) in [5, 5.41) is 0. The first-order valence-electron chi connectivity index (χ1n) is 6.27. The van der Waals surface area contributed by atoms with Crippen LogP contribution in [0.4, 0.5) is 0 Å². The van der Waals surface area contributed by atoms with Gasteiger partial charge in [0.05, 0.1) is 0 Å². The lowest BCUT2D eigenvalue weighted by Crippen LogP contribution is -2.23. The maximum Gasteiger partial charge on any atom is 0.188 e. The molecule has 2 heterocycles. The summed E-state index contributed by atoms with van der Waals surface area (Å²) >= 11 is 0. The highest BCUT2D eigenvalue weighted by atomic mass is 16.3. The van der Waals surface area contributed by atoms with E-state index in [2.05, 4.69) is 30.0 Å². The Morgan fingerprint density at radius 2 is 2.39 bits per heavy atom. The van der Waals surface area contributed by atoms with Crippen LogP contribution < -0.4 is 5.46 Å². The van der Waals surface area contributed by atoms with Gasteiger partial charge in [0.15, 0.2) is 18.9 Å². The molecule has 0 saturated heterocycles. The fourth-order valence-electron chi connectivity index (χ4n) is 2.59. The summed E-state index contributed by atoms with van der Waals surface area (Å²) in [7, 11) is 0. The second-order valence-electron chi connectivity index (χ2n) is 4.95. The number of carbonyl (C=O) groups excluding carboxylic acids is 1. The fraction of sp³-hybridized carbons (Fsp3) is 0.286. The summed E-state index contributed by atoms with van der Waals surface area (Å²) in [4.78, 5) is 15.8. The van der Waals surface area contributed by atoms with Crippen molar-refractivity contribution in [1.29, 1.82) is 0 Å². The molecule has 1 aliphatic rings. The lowest BCUT2D eigenvalue weighted by atomic mass is 9.48. The zero-order chi connectivity index (χ0) is 12.5. The molecule has 0 radical (unpaired) electrons. The van der Waals surface area contributed by atoms with Gasteiger partial charge in [0, 0.05) is 6.42 Å². The number of hydrogen-bond acceptors (Lipinski definition) is 3. The Bertz CT molecular complexity index is 577. The summed E-state index contributed by atoms with van der Waals surface area (Å²) < 4.78 is 4.83. The first-order chi connectivity index (χ1) is 8.74. The van der Waals surface area contributed by atoms with Crippen molar-refractivity contribution in [2.24, 2.45) is 0 Å². The molecule has 0 atom stereocenters. The highest BCUT2D eigenvalue weighted by molar-refractivity contribution is 6.73. The Balaban J connectivity index is 1.82. The van der Waals surface area contributed by atoms with E-state index >= 15 is 0 Å². The van der Waals surface area contributed by atoms with Crippen LogP contribution in [0, 0.1) is 0 Å². The number of fused-ring (bicyclic) bond motifs is 1. The zero-order valence-corrected chi connectivity index (χ0v) is 10.3. The summed E-state index contributed by atoms with van der Waals surface area (Å²) in [5.74, 6) is 0.00866. The molecule has 0 spiro atoms. The van der Waals surface area contributed by atoms with Gasteiger partial charge in [-0.25, -0.2) is 4.98 Å². The average Bonchev–Trinajstić information content (AvgIpc) is 3.00. The van der Waals surface area contributed by atoms with Crippen molar-refractivity contribution in [3.8, 4) is 0 Å².